The predicted molar refractivity (Wildman–Crippen MR) is 84.6 cm³/mol. The Bertz CT molecular complexity index is 468. The average Bonchev–Trinajstić information content (AvgIpc) is 2.50. The molecule has 0 unspecified atom stereocenters. The van der Waals surface area contributed by atoms with Crippen LogP contribution in [0.4, 0.5) is 0 Å². The third kappa shape index (κ3) is 3.76. The smallest absolute Gasteiger partial charge is 0.257 e. The van der Waals surface area contributed by atoms with E-state index >= 15 is 0 Å². The number of rotatable bonds is 5. The van der Waals surface area contributed by atoms with E-state index in [0.717, 1.165) is 32.2 Å². The van der Waals surface area contributed by atoms with Crippen LogP contribution in [0.15, 0.2) is 24.3 Å². The monoisotopic (exact) mass is 290 g/mol. The Morgan fingerprint density at radius 3 is 2.52 bits per heavy atom. The summed E-state index contributed by atoms with van der Waals surface area (Å²) >= 11 is 0. The summed E-state index contributed by atoms with van der Waals surface area (Å²) in [7, 11) is 0. The van der Waals surface area contributed by atoms with Gasteiger partial charge in [0, 0.05) is 18.6 Å². The topological polar surface area (TPSA) is 55.6 Å². The fourth-order valence-electron chi connectivity index (χ4n) is 3.06. The SMILES string of the molecule is CCOc1ccccc1C(=O)N(CC)C1CCC(N)CC1. The molecule has 1 saturated carbocycles. The fourth-order valence-corrected chi connectivity index (χ4v) is 3.06. The zero-order valence-corrected chi connectivity index (χ0v) is 13.0. The van der Waals surface area contributed by atoms with Gasteiger partial charge in [-0.3, -0.25) is 4.79 Å². The summed E-state index contributed by atoms with van der Waals surface area (Å²) in [6, 6.07) is 8.10. The molecule has 4 nitrogen and oxygen atoms in total. The summed E-state index contributed by atoms with van der Waals surface area (Å²) in [5.74, 6) is 0.748. The minimum atomic E-state index is 0.0713. The van der Waals surface area contributed by atoms with Gasteiger partial charge in [-0.25, -0.2) is 0 Å². The Kier molecular flexibility index (Phi) is 5.62. The van der Waals surface area contributed by atoms with Crippen LogP contribution in [0.25, 0.3) is 0 Å². The van der Waals surface area contributed by atoms with Crippen LogP contribution in [0, 0.1) is 0 Å². The number of nitrogens with two attached hydrogens (primary N) is 1. The minimum Gasteiger partial charge on any atom is -0.493 e. The van der Waals surface area contributed by atoms with Gasteiger partial charge in [0.25, 0.3) is 5.91 Å². The van der Waals surface area contributed by atoms with Gasteiger partial charge in [-0.1, -0.05) is 12.1 Å². The third-order valence-electron chi connectivity index (χ3n) is 4.20. The molecule has 0 aromatic heterocycles. The van der Waals surface area contributed by atoms with E-state index in [2.05, 4.69) is 0 Å². The molecular weight excluding hydrogens is 264 g/mol. The van der Waals surface area contributed by atoms with Crippen LogP contribution in [0.1, 0.15) is 49.9 Å². The van der Waals surface area contributed by atoms with Crippen LogP contribution < -0.4 is 10.5 Å². The Labute approximate surface area is 127 Å². The van der Waals surface area contributed by atoms with Gasteiger partial charge in [-0.2, -0.15) is 0 Å². The lowest BCUT2D eigenvalue weighted by atomic mass is 9.90. The van der Waals surface area contributed by atoms with Gasteiger partial charge >= 0.3 is 0 Å². The molecular formula is C17H26N2O2. The van der Waals surface area contributed by atoms with Crippen molar-refractivity contribution in [3.8, 4) is 5.75 Å². The zero-order valence-electron chi connectivity index (χ0n) is 13.0. The molecule has 2 rings (SSSR count). The van der Waals surface area contributed by atoms with Crippen molar-refractivity contribution < 1.29 is 9.53 Å². The van der Waals surface area contributed by atoms with Gasteiger partial charge in [0.05, 0.1) is 12.2 Å². The molecule has 1 aliphatic rings. The number of ether oxygens (including phenoxy) is 1. The average molecular weight is 290 g/mol. The van der Waals surface area contributed by atoms with Gasteiger partial charge < -0.3 is 15.4 Å². The van der Waals surface area contributed by atoms with Gasteiger partial charge in [-0.05, 0) is 51.7 Å². The van der Waals surface area contributed by atoms with Crippen molar-refractivity contribution in [3.63, 3.8) is 0 Å². The molecule has 2 N–H and O–H groups in total. The maximum Gasteiger partial charge on any atom is 0.257 e. The Balaban J connectivity index is 2.16. The standard InChI is InChI=1S/C17H26N2O2/c1-3-19(14-11-9-13(18)10-12-14)17(20)15-7-5-6-8-16(15)21-4-2/h5-8,13-14H,3-4,9-12,18H2,1-2H3. The molecule has 4 heteroatoms. The molecule has 0 aliphatic heterocycles. The first-order valence-electron chi connectivity index (χ1n) is 7.95. The molecule has 21 heavy (non-hydrogen) atoms. The summed E-state index contributed by atoms with van der Waals surface area (Å²) in [5, 5.41) is 0. The highest BCUT2D eigenvalue weighted by Crippen LogP contribution is 2.26. The van der Waals surface area contributed by atoms with E-state index in [0.29, 0.717) is 30.0 Å². The van der Waals surface area contributed by atoms with Crippen molar-refractivity contribution in [2.75, 3.05) is 13.2 Å². The minimum absolute atomic E-state index is 0.0713. The van der Waals surface area contributed by atoms with E-state index in [-0.39, 0.29) is 5.91 Å². The predicted octanol–water partition coefficient (Wildman–Crippen LogP) is 2.82. The second-order valence-corrected chi connectivity index (χ2v) is 5.59. The normalized spacial score (nSPS) is 21.9. The van der Waals surface area contributed by atoms with E-state index in [4.69, 9.17) is 10.5 Å². The molecule has 1 fully saturated rings. The van der Waals surface area contributed by atoms with Gasteiger partial charge in [0.1, 0.15) is 5.75 Å². The lowest BCUT2D eigenvalue weighted by Gasteiger charge is -2.35. The van der Waals surface area contributed by atoms with Gasteiger partial charge in [0.2, 0.25) is 0 Å². The van der Waals surface area contributed by atoms with Crippen LogP contribution in [-0.4, -0.2) is 36.0 Å². The number of carbonyl (C=O) groups is 1. The molecule has 1 aromatic rings. The van der Waals surface area contributed by atoms with E-state index in [1.54, 1.807) is 0 Å². The van der Waals surface area contributed by atoms with Crippen molar-refractivity contribution in [1.29, 1.82) is 0 Å². The molecule has 0 saturated heterocycles. The molecule has 0 atom stereocenters. The lowest BCUT2D eigenvalue weighted by Crippen LogP contribution is -2.44. The highest BCUT2D eigenvalue weighted by Gasteiger charge is 2.28. The van der Waals surface area contributed by atoms with Crippen LogP contribution in [0.3, 0.4) is 0 Å². The second kappa shape index (κ2) is 7.46. The molecule has 1 aromatic carbocycles. The van der Waals surface area contributed by atoms with Crippen molar-refractivity contribution in [3.05, 3.63) is 29.8 Å². The molecule has 0 radical (unpaired) electrons. The number of amides is 1. The van der Waals surface area contributed by atoms with Crippen LogP contribution in [-0.2, 0) is 0 Å². The summed E-state index contributed by atoms with van der Waals surface area (Å²) in [6.45, 7) is 5.25. The van der Waals surface area contributed by atoms with Crippen LogP contribution >= 0.6 is 0 Å². The molecule has 116 valence electrons. The maximum atomic E-state index is 12.9. The summed E-state index contributed by atoms with van der Waals surface area (Å²) < 4.78 is 5.59. The summed E-state index contributed by atoms with van der Waals surface area (Å²) in [6.07, 6.45) is 4.00. The molecule has 1 amide bonds. The Hall–Kier alpha value is -1.55. The van der Waals surface area contributed by atoms with Crippen molar-refractivity contribution in [1.82, 2.24) is 4.90 Å². The van der Waals surface area contributed by atoms with Crippen molar-refractivity contribution in [2.45, 2.75) is 51.6 Å². The summed E-state index contributed by atoms with van der Waals surface area (Å²) in [5.41, 5.74) is 6.63. The van der Waals surface area contributed by atoms with E-state index < -0.39 is 0 Å². The van der Waals surface area contributed by atoms with Gasteiger partial charge in [-0.15, -0.1) is 0 Å². The van der Waals surface area contributed by atoms with Gasteiger partial charge in [0.15, 0.2) is 0 Å². The quantitative estimate of drug-likeness (QED) is 0.907. The van der Waals surface area contributed by atoms with E-state index in [1.165, 1.54) is 0 Å². The number of benzene rings is 1. The van der Waals surface area contributed by atoms with Crippen LogP contribution in [0.5, 0.6) is 5.75 Å². The number of nitrogens with zero attached hydrogens (tertiary/aromatic N) is 1. The number of para-hydroxylation sites is 1. The molecule has 1 aliphatic carbocycles. The van der Waals surface area contributed by atoms with Crippen LogP contribution in [0.2, 0.25) is 0 Å². The molecule has 0 bridgehead atoms. The summed E-state index contributed by atoms with van der Waals surface area (Å²) in [4.78, 5) is 14.8. The first-order valence-corrected chi connectivity index (χ1v) is 7.95. The van der Waals surface area contributed by atoms with Crippen molar-refractivity contribution in [2.24, 2.45) is 5.73 Å². The third-order valence-corrected chi connectivity index (χ3v) is 4.20. The Morgan fingerprint density at radius 1 is 1.24 bits per heavy atom. The fraction of sp³-hybridized carbons (Fsp3) is 0.588. The zero-order chi connectivity index (χ0) is 15.2. The Morgan fingerprint density at radius 2 is 1.90 bits per heavy atom. The van der Waals surface area contributed by atoms with E-state index in [9.17, 15) is 4.79 Å². The largest absolute Gasteiger partial charge is 0.493 e. The highest BCUT2D eigenvalue weighted by molar-refractivity contribution is 5.97. The lowest BCUT2D eigenvalue weighted by molar-refractivity contribution is 0.0636. The first-order chi connectivity index (χ1) is 10.2. The van der Waals surface area contributed by atoms with E-state index in [1.807, 2.05) is 43.0 Å². The number of carbonyl (C=O) groups excluding carboxylic acids is 1. The molecule has 0 spiro atoms. The number of hydrogen-bond acceptors (Lipinski definition) is 3. The second-order valence-electron chi connectivity index (χ2n) is 5.59. The molecule has 0 heterocycles. The maximum absolute atomic E-state index is 12.9. The van der Waals surface area contributed by atoms with Crippen molar-refractivity contribution >= 4 is 5.91 Å². The number of hydrogen-bond donors (Lipinski definition) is 1. The highest BCUT2D eigenvalue weighted by atomic mass is 16.5. The first kappa shape index (κ1) is 15.8.